The molecular formula is C30H18F4O4. The van der Waals surface area contributed by atoms with E-state index in [-0.39, 0.29) is 23.0 Å². The molecular weight excluding hydrogens is 500 g/mol. The Morgan fingerprint density at radius 2 is 0.474 bits per heavy atom. The summed E-state index contributed by atoms with van der Waals surface area (Å²) in [7, 11) is 0. The lowest BCUT2D eigenvalue weighted by atomic mass is 10.2. The Bertz CT molecular complexity index is 1290. The van der Waals surface area contributed by atoms with Gasteiger partial charge in [-0.3, -0.25) is 0 Å². The summed E-state index contributed by atoms with van der Waals surface area (Å²) in [6.45, 7) is 0. The van der Waals surface area contributed by atoms with E-state index in [1.165, 1.54) is 109 Å². The molecule has 0 aromatic heterocycles. The molecule has 0 saturated heterocycles. The van der Waals surface area contributed by atoms with Crippen molar-refractivity contribution in [1.82, 2.24) is 0 Å². The summed E-state index contributed by atoms with van der Waals surface area (Å²) in [6.07, 6.45) is 0. The molecule has 5 aromatic carbocycles. The highest BCUT2D eigenvalue weighted by Gasteiger charge is 2.18. The number of hydrogen-bond donors (Lipinski definition) is 0. The maximum absolute atomic E-state index is 13.4. The van der Waals surface area contributed by atoms with Gasteiger partial charge in [-0.1, -0.05) is 0 Å². The molecule has 8 heteroatoms. The van der Waals surface area contributed by atoms with E-state index in [0.717, 1.165) is 0 Å². The van der Waals surface area contributed by atoms with E-state index in [2.05, 4.69) is 0 Å². The van der Waals surface area contributed by atoms with Gasteiger partial charge in [0, 0.05) is 12.1 Å². The van der Waals surface area contributed by atoms with Crippen LogP contribution in [-0.2, 0) is 0 Å². The highest BCUT2D eigenvalue weighted by atomic mass is 19.1. The van der Waals surface area contributed by atoms with E-state index in [4.69, 9.17) is 18.9 Å². The minimum atomic E-state index is -0.441. The number of hydrogen-bond acceptors (Lipinski definition) is 4. The Balaban J connectivity index is 1.59. The average Bonchev–Trinajstić information content (AvgIpc) is 2.91. The van der Waals surface area contributed by atoms with Gasteiger partial charge in [-0.15, -0.1) is 0 Å². The highest BCUT2D eigenvalue weighted by molar-refractivity contribution is 5.58. The first-order valence-electron chi connectivity index (χ1n) is 11.3. The fraction of sp³-hybridized carbons (Fsp3) is 0. The molecule has 0 saturated carbocycles. The van der Waals surface area contributed by atoms with Crippen molar-refractivity contribution in [2.24, 2.45) is 0 Å². The van der Waals surface area contributed by atoms with Crippen LogP contribution < -0.4 is 18.9 Å². The third-order valence-corrected chi connectivity index (χ3v) is 5.18. The molecule has 0 spiro atoms. The third kappa shape index (κ3) is 6.22. The van der Waals surface area contributed by atoms with Crippen LogP contribution in [0.25, 0.3) is 0 Å². The molecule has 5 rings (SSSR count). The summed E-state index contributed by atoms with van der Waals surface area (Å²) in [5, 5.41) is 0. The van der Waals surface area contributed by atoms with Crippen LogP contribution in [0.5, 0.6) is 46.0 Å². The van der Waals surface area contributed by atoms with Crippen molar-refractivity contribution in [2.45, 2.75) is 0 Å². The van der Waals surface area contributed by atoms with Gasteiger partial charge >= 0.3 is 0 Å². The zero-order valence-corrected chi connectivity index (χ0v) is 19.5. The van der Waals surface area contributed by atoms with E-state index >= 15 is 0 Å². The van der Waals surface area contributed by atoms with Gasteiger partial charge in [0.1, 0.15) is 46.3 Å². The van der Waals surface area contributed by atoms with Gasteiger partial charge in [-0.2, -0.15) is 0 Å². The van der Waals surface area contributed by atoms with Crippen LogP contribution in [0.1, 0.15) is 0 Å². The lowest BCUT2D eigenvalue weighted by Crippen LogP contribution is -1.96. The van der Waals surface area contributed by atoms with Gasteiger partial charge in [0.25, 0.3) is 0 Å². The summed E-state index contributed by atoms with van der Waals surface area (Å²) in [6, 6.07) is 24.3. The Morgan fingerprint density at radius 3 is 0.658 bits per heavy atom. The Labute approximate surface area is 215 Å². The summed E-state index contributed by atoms with van der Waals surface area (Å²) < 4.78 is 77.7. The number of benzene rings is 5. The molecule has 0 aliphatic rings. The van der Waals surface area contributed by atoms with Crippen LogP contribution in [0.3, 0.4) is 0 Å². The molecule has 0 aliphatic carbocycles. The monoisotopic (exact) mass is 518 g/mol. The van der Waals surface area contributed by atoms with Crippen molar-refractivity contribution < 1.29 is 36.5 Å². The first-order valence-corrected chi connectivity index (χ1v) is 11.3. The summed E-state index contributed by atoms with van der Waals surface area (Å²) in [5.41, 5.74) is 0. The minimum absolute atomic E-state index is 0.157. The van der Waals surface area contributed by atoms with Crippen LogP contribution in [0, 0.1) is 23.3 Å². The molecule has 4 nitrogen and oxygen atoms in total. The van der Waals surface area contributed by atoms with Gasteiger partial charge in [-0.25, -0.2) is 17.6 Å². The van der Waals surface area contributed by atoms with Crippen LogP contribution in [0.2, 0.25) is 0 Å². The smallest absolute Gasteiger partial charge is 0.173 e. The predicted octanol–water partition coefficient (Wildman–Crippen LogP) is 9.41. The summed E-state index contributed by atoms with van der Waals surface area (Å²) in [5.74, 6) is 0.0678. The lowest BCUT2D eigenvalue weighted by Gasteiger charge is -2.18. The van der Waals surface area contributed by atoms with Crippen molar-refractivity contribution in [3.05, 3.63) is 132 Å². The van der Waals surface area contributed by atoms with Gasteiger partial charge in [0.05, 0.1) is 0 Å². The van der Waals surface area contributed by atoms with Crippen LogP contribution >= 0.6 is 0 Å². The first kappa shape index (κ1) is 24.7. The first-order chi connectivity index (χ1) is 18.4. The largest absolute Gasteiger partial charge is 0.453 e. The molecule has 0 aliphatic heterocycles. The fourth-order valence-corrected chi connectivity index (χ4v) is 3.36. The summed E-state index contributed by atoms with van der Waals surface area (Å²) in [4.78, 5) is 0. The number of rotatable bonds is 8. The van der Waals surface area contributed by atoms with Gasteiger partial charge in [-0.05, 0) is 97.1 Å². The van der Waals surface area contributed by atoms with E-state index in [0.29, 0.717) is 23.0 Å². The van der Waals surface area contributed by atoms with Crippen molar-refractivity contribution in [3.63, 3.8) is 0 Å². The standard InChI is InChI=1S/C30H18F4O4/c31-19-1-9-23(10-2-19)35-27-17-29(37-25-13-5-21(33)6-14-25)30(38-26-15-7-22(34)8-16-26)18-28(27)36-24-11-3-20(32)4-12-24/h1-18H. The van der Waals surface area contributed by atoms with Crippen LogP contribution in [-0.4, -0.2) is 0 Å². The van der Waals surface area contributed by atoms with Gasteiger partial charge in [0.2, 0.25) is 0 Å². The third-order valence-electron chi connectivity index (χ3n) is 5.18. The average molecular weight is 518 g/mol. The zero-order valence-electron chi connectivity index (χ0n) is 19.5. The SMILES string of the molecule is Fc1ccc(Oc2cc(Oc3ccc(F)cc3)c(Oc3ccc(F)cc3)cc2Oc2ccc(F)cc2)cc1. The minimum Gasteiger partial charge on any atom is -0.453 e. The van der Waals surface area contributed by atoms with Crippen LogP contribution in [0.15, 0.2) is 109 Å². The molecule has 0 unspecified atom stereocenters. The molecule has 0 radical (unpaired) electrons. The zero-order chi connectivity index (χ0) is 26.5. The molecule has 5 aromatic rings. The van der Waals surface area contributed by atoms with Crippen LogP contribution in [0.4, 0.5) is 17.6 Å². The second kappa shape index (κ2) is 11.0. The number of ether oxygens (including phenoxy) is 4. The van der Waals surface area contributed by atoms with Gasteiger partial charge in [0.15, 0.2) is 23.0 Å². The Kier molecular flexibility index (Phi) is 7.13. The van der Waals surface area contributed by atoms with Crippen molar-refractivity contribution in [3.8, 4) is 46.0 Å². The van der Waals surface area contributed by atoms with Crippen molar-refractivity contribution in [1.29, 1.82) is 0 Å². The maximum Gasteiger partial charge on any atom is 0.173 e. The quantitative estimate of drug-likeness (QED) is 0.192. The topological polar surface area (TPSA) is 36.9 Å². The van der Waals surface area contributed by atoms with E-state index in [1.54, 1.807) is 0 Å². The number of halogens is 4. The molecule has 0 atom stereocenters. The van der Waals surface area contributed by atoms with Gasteiger partial charge < -0.3 is 18.9 Å². The van der Waals surface area contributed by atoms with E-state index in [1.807, 2.05) is 0 Å². The molecule has 0 fully saturated rings. The molecule has 38 heavy (non-hydrogen) atoms. The normalized spacial score (nSPS) is 10.6. The van der Waals surface area contributed by atoms with E-state index in [9.17, 15) is 17.6 Å². The summed E-state index contributed by atoms with van der Waals surface area (Å²) >= 11 is 0. The Morgan fingerprint density at radius 1 is 0.289 bits per heavy atom. The van der Waals surface area contributed by atoms with E-state index < -0.39 is 23.3 Å². The van der Waals surface area contributed by atoms with Crippen molar-refractivity contribution >= 4 is 0 Å². The second-order valence-electron chi connectivity index (χ2n) is 7.97. The molecule has 0 amide bonds. The maximum atomic E-state index is 13.4. The highest BCUT2D eigenvalue weighted by Crippen LogP contribution is 2.46. The lowest BCUT2D eigenvalue weighted by molar-refractivity contribution is 0.389. The molecule has 190 valence electrons. The fourth-order valence-electron chi connectivity index (χ4n) is 3.36. The second-order valence-corrected chi connectivity index (χ2v) is 7.97. The molecule has 0 heterocycles. The predicted molar refractivity (Wildman–Crippen MR) is 132 cm³/mol. The molecule has 0 N–H and O–H groups in total. The Hall–Kier alpha value is -4.98. The molecule has 0 bridgehead atoms. The van der Waals surface area contributed by atoms with Crippen molar-refractivity contribution in [2.75, 3.05) is 0 Å².